The summed E-state index contributed by atoms with van der Waals surface area (Å²) in [6.07, 6.45) is 0.540. The zero-order valence-corrected chi connectivity index (χ0v) is 20.9. The molecule has 0 radical (unpaired) electrons. The SMILES string of the molecule is Cc1cccc(NC(=O)C[C@H]2SC(N3N=C(c4ccc(F)cc4)C[C@@H]3c3ccc(Cl)cc3)=NC2=O)c1. The zero-order chi connectivity index (χ0) is 25.2. The second-order valence-electron chi connectivity index (χ2n) is 8.63. The van der Waals surface area contributed by atoms with Gasteiger partial charge in [0.15, 0.2) is 5.17 Å². The topological polar surface area (TPSA) is 74.1 Å². The molecule has 9 heteroatoms. The number of rotatable bonds is 5. The van der Waals surface area contributed by atoms with Crippen LogP contribution in [0.2, 0.25) is 5.02 Å². The first-order valence-corrected chi connectivity index (χ1v) is 12.7. The summed E-state index contributed by atoms with van der Waals surface area (Å²) in [5, 5.41) is 9.75. The zero-order valence-electron chi connectivity index (χ0n) is 19.3. The Morgan fingerprint density at radius 2 is 1.89 bits per heavy atom. The Labute approximate surface area is 217 Å². The molecule has 0 unspecified atom stereocenters. The van der Waals surface area contributed by atoms with E-state index in [2.05, 4.69) is 10.3 Å². The number of amides is 2. The Balaban J connectivity index is 1.35. The molecule has 2 aliphatic heterocycles. The molecule has 0 saturated carbocycles. The van der Waals surface area contributed by atoms with Crippen LogP contribution in [0.3, 0.4) is 0 Å². The quantitative estimate of drug-likeness (QED) is 0.450. The summed E-state index contributed by atoms with van der Waals surface area (Å²) in [5.41, 5.74) is 4.22. The molecule has 0 fully saturated rings. The maximum atomic E-state index is 13.5. The van der Waals surface area contributed by atoms with Crippen LogP contribution in [-0.4, -0.2) is 33.0 Å². The van der Waals surface area contributed by atoms with Crippen molar-refractivity contribution in [3.05, 3.63) is 100 Å². The van der Waals surface area contributed by atoms with E-state index in [1.807, 2.05) is 43.3 Å². The van der Waals surface area contributed by atoms with Gasteiger partial charge in [-0.05, 0) is 60.0 Å². The molecule has 36 heavy (non-hydrogen) atoms. The minimum Gasteiger partial charge on any atom is -0.326 e. The number of hydrogen-bond donors (Lipinski definition) is 1. The fourth-order valence-electron chi connectivity index (χ4n) is 4.16. The molecule has 1 N–H and O–H groups in total. The lowest BCUT2D eigenvalue weighted by Crippen LogP contribution is -2.25. The second kappa shape index (κ2) is 10.2. The molecule has 0 saturated heterocycles. The van der Waals surface area contributed by atoms with E-state index in [1.54, 1.807) is 29.3 Å². The Morgan fingerprint density at radius 1 is 1.14 bits per heavy atom. The largest absolute Gasteiger partial charge is 0.326 e. The normalized spacial score (nSPS) is 19.3. The van der Waals surface area contributed by atoms with Crippen LogP contribution in [0.15, 0.2) is 82.9 Å². The van der Waals surface area contributed by atoms with Crippen molar-refractivity contribution in [3.63, 3.8) is 0 Å². The highest BCUT2D eigenvalue weighted by Crippen LogP contribution is 2.39. The van der Waals surface area contributed by atoms with E-state index in [1.165, 1.54) is 23.9 Å². The molecular weight excluding hydrogens is 499 g/mol. The van der Waals surface area contributed by atoms with E-state index in [0.29, 0.717) is 22.3 Å². The summed E-state index contributed by atoms with van der Waals surface area (Å²) in [4.78, 5) is 29.6. The molecular formula is C27H22ClFN4O2S. The van der Waals surface area contributed by atoms with Gasteiger partial charge in [-0.2, -0.15) is 10.1 Å². The molecule has 0 spiro atoms. The average molecular weight is 521 g/mol. The first-order valence-electron chi connectivity index (χ1n) is 11.4. The molecule has 3 aromatic carbocycles. The Hall–Kier alpha value is -3.49. The van der Waals surface area contributed by atoms with E-state index >= 15 is 0 Å². The van der Waals surface area contributed by atoms with Gasteiger partial charge in [0.1, 0.15) is 11.1 Å². The summed E-state index contributed by atoms with van der Waals surface area (Å²) in [6.45, 7) is 1.94. The third-order valence-electron chi connectivity index (χ3n) is 5.94. The number of amidine groups is 1. The van der Waals surface area contributed by atoms with Crippen LogP contribution in [-0.2, 0) is 9.59 Å². The van der Waals surface area contributed by atoms with Crippen molar-refractivity contribution in [3.8, 4) is 0 Å². The van der Waals surface area contributed by atoms with Crippen LogP contribution < -0.4 is 5.32 Å². The maximum Gasteiger partial charge on any atom is 0.262 e. The number of anilines is 1. The third kappa shape index (κ3) is 5.34. The number of nitrogens with zero attached hydrogens (tertiary/aromatic N) is 3. The predicted molar refractivity (Wildman–Crippen MR) is 142 cm³/mol. The molecule has 182 valence electrons. The Morgan fingerprint density at radius 3 is 2.61 bits per heavy atom. The highest BCUT2D eigenvalue weighted by Gasteiger charge is 2.39. The van der Waals surface area contributed by atoms with Crippen molar-refractivity contribution in [2.75, 3.05) is 5.32 Å². The molecule has 2 amide bonds. The van der Waals surface area contributed by atoms with E-state index in [0.717, 1.165) is 22.4 Å². The van der Waals surface area contributed by atoms with Crippen LogP contribution in [0.25, 0.3) is 0 Å². The molecule has 0 aromatic heterocycles. The molecule has 0 bridgehead atoms. The van der Waals surface area contributed by atoms with Gasteiger partial charge >= 0.3 is 0 Å². The van der Waals surface area contributed by atoms with E-state index in [-0.39, 0.29) is 30.1 Å². The minimum atomic E-state index is -0.638. The van der Waals surface area contributed by atoms with Crippen molar-refractivity contribution in [2.45, 2.75) is 31.1 Å². The number of hydrogen-bond acceptors (Lipinski definition) is 5. The van der Waals surface area contributed by atoms with Crippen molar-refractivity contribution < 1.29 is 14.0 Å². The number of aliphatic imine (C=N–C) groups is 1. The van der Waals surface area contributed by atoms with Crippen molar-refractivity contribution in [1.29, 1.82) is 0 Å². The molecule has 3 aromatic rings. The minimum absolute atomic E-state index is 0.00156. The smallest absolute Gasteiger partial charge is 0.262 e. The van der Waals surface area contributed by atoms with Gasteiger partial charge in [-0.25, -0.2) is 9.40 Å². The summed E-state index contributed by atoms with van der Waals surface area (Å²) in [7, 11) is 0. The highest BCUT2D eigenvalue weighted by molar-refractivity contribution is 8.15. The Bertz CT molecular complexity index is 1380. The average Bonchev–Trinajstić information content (AvgIpc) is 3.44. The number of thioether (sulfide) groups is 1. The number of benzene rings is 3. The number of halogens is 2. The van der Waals surface area contributed by atoms with Gasteiger partial charge in [-0.3, -0.25) is 9.59 Å². The van der Waals surface area contributed by atoms with Gasteiger partial charge in [0, 0.05) is 23.6 Å². The fraction of sp³-hybridized carbons (Fsp3) is 0.185. The second-order valence-corrected chi connectivity index (χ2v) is 10.2. The van der Waals surface area contributed by atoms with E-state index in [4.69, 9.17) is 16.7 Å². The molecule has 2 heterocycles. The molecule has 2 atom stereocenters. The lowest BCUT2D eigenvalue weighted by molar-refractivity contribution is -0.121. The monoisotopic (exact) mass is 520 g/mol. The summed E-state index contributed by atoms with van der Waals surface area (Å²) in [5.74, 6) is -0.944. The van der Waals surface area contributed by atoms with Gasteiger partial charge in [-0.1, -0.05) is 59.8 Å². The number of hydrazone groups is 1. The third-order valence-corrected chi connectivity index (χ3v) is 7.33. The van der Waals surface area contributed by atoms with Crippen LogP contribution in [0.1, 0.15) is 35.6 Å². The van der Waals surface area contributed by atoms with E-state index in [9.17, 15) is 14.0 Å². The molecule has 2 aliphatic rings. The molecule has 0 aliphatic carbocycles. The number of carbonyl (C=O) groups excluding carboxylic acids is 2. The molecule has 6 nitrogen and oxygen atoms in total. The van der Waals surface area contributed by atoms with Crippen LogP contribution in [0, 0.1) is 12.7 Å². The van der Waals surface area contributed by atoms with Gasteiger partial charge in [0.25, 0.3) is 5.91 Å². The number of carbonyl (C=O) groups is 2. The lowest BCUT2D eigenvalue weighted by atomic mass is 9.99. The van der Waals surface area contributed by atoms with Gasteiger partial charge in [0.05, 0.1) is 11.8 Å². The van der Waals surface area contributed by atoms with E-state index < -0.39 is 5.25 Å². The first kappa shape index (κ1) is 24.2. The number of aryl methyl sites for hydroxylation is 1. The first-order chi connectivity index (χ1) is 17.4. The number of nitrogens with one attached hydrogen (secondary N) is 1. The standard InChI is InChI=1S/C27H22ClFN4O2S/c1-16-3-2-4-21(13-16)30-25(34)15-24-26(35)31-27(36-24)33-23(18-5-9-19(28)10-6-18)14-22(32-33)17-7-11-20(29)12-8-17/h2-13,23-24H,14-15H2,1H3,(H,30,34)/t23-,24-/m1/s1. The summed E-state index contributed by atoms with van der Waals surface area (Å²) in [6, 6.07) is 20.9. The van der Waals surface area contributed by atoms with Gasteiger partial charge in [0.2, 0.25) is 5.91 Å². The van der Waals surface area contributed by atoms with Crippen molar-refractivity contribution in [2.24, 2.45) is 10.1 Å². The summed E-state index contributed by atoms with van der Waals surface area (Å²) < 4.78 is 13.5. The lowest BCUT2D eigenvalue weighted by Gasteiger charge is -2.23. The van der Waals surface area contributed by atoms with Crippen molar-refractivity contribution in [1.82, 2.24) is 5.01 Å². The van der Waals surface area contributed by atoms with Crippen LogP contribution in [0.4, 0.5) is 10.1 Å². The van der Waals surface area contributed by atoms with Crippen LogP contribution in [0.5, 0.6) is 0 Å². The maximum absolute atomic E-state index is 13.5. The Kier molecular flexibility index (Phi) is 6.89. The fourth-order valence-corrected chi connectivity index (χ4v) is 5.34. The van der Waals surface area contributed by atoms with Crippen molar-refractivity contribution >= 4 is 51.7 Å². The molecule has 5 rings (SSSR count). The van der Waals surface area contributed by atoms with Gasteiger partial charge in [-0.15, -0.1) is 0 Å². The predicted octanol–water partition coefficient (Wildman–Crippen LogP) is 5.97. The van der Waals surface area contributed by atoms with Crippen LogP contribution >= 0.6 is 23.4 Å². The van der Waals surface area contributed by atoms with Gasteiger partial charge < -0.3 is 5.32 Å². The highest BCUT2D eigenvalue weighted by atomic mass is 35.5. The summed E-state index contributed by atoms with van der Waals surface area (Å²) >= 11 is 7.32.